The number of alkyl halides is 3. The van der Waals surface area contributed by atoms with Crippen LogP contribution < -0.4 is 0 Å². The van der Waals surface area contributed by atoms with Crippen molar-refractivity contribution < 1.29 is 22.7 Å². The van der Waals surface area contributed by atoms with E-state index in [4.69, 9.17) is 0 Å². The Balaban J connectivity index is 2.18. The maximum absolute atomic E-state index is 11.4. The van der Waals surface area contributed by atoms with Crippen LogP contribution in [0.5, 0.6) is 0 Å². The van der Waals surface area contributed by atoms with Gasteiger partial charge in [-0.1, -0.05) is 0 Å². The molecule has 0 radical (unpaired) electrons. The lowest BCUT2D eigenvalue weighted by molar-refractivity contribution is -0.352. The van der Waals surface area contributed by atoms with Gasteiger partial charge >= 0.3 is 6.36 Å². The van der Waals surface area contributed by atoms with Crippen LogP contribution in [-0.2, 0) is 9.53 Å². The van der Waals surface area contributed by atoms with E-state index in [2.05, 4.69) is 4.74 Å². The summed E-state index contributed by atoms with van der Waals surface area (Å²) >= 11 is 0. The summed E-state index contributed by atoms with van der Waals surface area (Å²) in [6.07, 6.45) is -4.30. The first-order chi connectivity index (χ1) is 5.01. The van der Waals surface area contributed by atoms with Gasteiger partial charge in [-0.3, -0.25) is 4.74 Å². The van der Waals surface area contributed by atoms with E-state index < -0.39 is 12.5 Å². The summed E-state index contributed by atoms with van der Waals surface area (Å²) in [5.41, 5.74) is 0. The summed E-state index contributed by atoms with van der Waals surface area (Å²) in [5.74, 6) is -0.234. The number of hydrogen-bond acceptors (Lipinski definition) is 2. The molecule has 64 valence electrons. The Kier molecular flexibility index (Phi) is 2.17. The van der Waals surface area contributed by atoms with E-state index in [1.54, 1.807) is 0 Å². The molecule has 1 saturated carbocycles. The molecule has 0 heterocycles. The predicted molar refractivity (Wildman–Crippen MR) is 29.7 cm³/mol. The lowest BCUT2D eigenvalue weighted by Gasteiger charge is -2.31. The van der Waals surface area contributed by atoms with Crippen molar-refractivity contribution in [1.82, 2.24) is 0 Å². The minimum atomic E-state index is -4.56. The summed E-state index contributed by atoms with van der Waals surface area (Å²) in [7, 11) is 0. The topological polar surface area (TPSA) is 26.3 Å². The van der Waals surface area contributed by atoms with Gasteiger partial charge in [0.15, 0.2) is 0 Å². The third kappa shape index (κ3) is 2.49. The number of rotatable bonds is 2. The van der Waals surface area contributed by atoms with Crippen LogP contribution in [0, 0.1) is 5.92 Å². The third-order valence-electron chi connectivity index (χ3n) is 1.62. The van der Waals surface area contributed by atoms with Crippen molar-refractivity contribution in [2.45, 2.75) is 25.3 Å². The second-order valence-corrected chi connectivity index (χ2v) is 2.55. The van der Waals surface area contributed by atoms with Crippen LogP contribution in [-0.4, -0.2) is 18.8 Å². The first kappa shape index (κ1) is 8.52. The first-order valence-corrected chi connectivity index (χ1v) is 3.21. The van der Waals surface area contributed by atoms with Gasteiger partial charge in [0.05, 0.1) is 6.10 Å². The second kappa shape index (κ2) is 2.81. The quantitative estimate of drug-likeness (QED) is 0.584. The molecule has 1 fully saturated rings. The monoisotopic (exact) mass is 168 g/mol. The Morgan fingerprint density at radius 1 is 1.36 bits per heavy atom. The van der Waals surface area contributed by atoms with E-state index in [0.29, 0.717) is 6.29 Å². The molecule has 1 rings (SSSR count). The minimum absolute atomic E-state index is 0.197. The molecule has 0 saturated heterocycles. The van der Waals surface area contributed by atoms with Gasteiger partial charge in [0, 0.05) is 5.92 Å². The fourth-order valence-corrected chi connectivity index (χ4v) is 1.00. The van der Waals surface area contributed by atoms with E-state index in [1.807, 2.05) is 0 Å². The molecule has 1 aliphatic rings. The van der Waals surface area contributed by atoms with Gasteiger partial charge in [-0.05, 0) is 12.8 Å². The lowest BCUT2D eigenvalue weighted by atomic mass is 9.84. The van der Waals surface area contributed by atoms with Crippen molar-refractivity contribution in [3.05, 3.63) is 0 Å². The largest absolute Gasteiger partial charge is 0.522 e. The molecule has 0 N–H and O–H groups in total. The summed E-state index contributed by atoms with van der Waals surface area (Å²) in [4.78, 5) is 9.96. The summed E-state index contributed by atoms with van der Waals surface area (Å²) in [6, 6.07) is 0. The highest BCUT2D eigenvalue weighted by Gasteiger charge is 2.39. The number of carbonyl (C=O) groups excluding carboxylic acids is 1. The molecule has 0 atom stereocenters. The highest BCUT2D eigenvalue weighted by Crippen LogP contribution is 2.33. The number of carbonyl (C=O) groups is 1. The van der Waals surface area contributed by atoms with Gasteiger partial charge in [-0.25, -0.2) is 0 Å². The molecular formula is C6H7F3O2. The fraction of sp³-hybridized carbons (Fsp3) is 0.833. The molecule has 0 aromatic rings. The third-order valence-corrected chi connectivity index (χ3v) is 1.62. The normalized spacial score (nSPS) is 31.2. The molecule has 0 aromatic heterocycles. The number of halogens is 3. The first-order valence-electron chi connectivity index (χ1n) is 3.21. The molecule has 0 aromatic carbocycles. The molecular weight excluding hydrogens is 161 g/mol. The standard InChI is InChI=1S/C6H7F3O2/c7-6(8,9)11-5-1-4(2-5)3-10/h3-5H,1-2H2/t4-,5+. The van der Waals surface area contributed by atoms with Crippen LogP contribution in [0.25, 0.3) is 0 Å². The van der Waals surface area contributed by atoms with Crippen LogP contribution in [0.2, 0.25) is 0 Å². The van der Waals surface area contributed by atoms with E-state index in [1.165, 1.54) is 0 Å². The van der Waals surface area contributed by atoms with E-state index >= 15 is 0 Å². The van der Waals surface area contributed by atoms with Crippen LogP contribution in [0.15, 0.2) is 0 Å². The molecule has 0 bridgehead atoms. The van der Waals surface area contributed by atoms with Crippen LogP contribution in [0.1, 0.15) is 12.8 Å². The van der Waals surface area contributed by atoms with Gasteiger partial charge in [0.1, 0.15) is 6.29 Å². The summed E-state index contributed by atoms with van der Waals surface area (Å²) < 4.78 is 38.0. The number of hydrogen-bond donors (Lipinski definition) is 0. The van der Waals surface area contributed by atoms with Crippen LogP contribution >= 0.6 is 0 Å². The fourth-order valence-electron chi connectivity index (χ4n) is 1.00. The van der Waals surface area contributed by atoms with Crippen LogP contribution in [0.3, 0.4) is 0 Å². The van der Waals surface area contributed by atoms with Crippen molar-refractivity contribution in [2.75, 3.05) is 0 Å². The number of ether oxygens (including phenoxy) is 1. The SMILES string of the molecule is O=C[C@H]1C[C@@H](OC(F)(F)F)C1. The zero-order valence-corrected chi connectivity index (χ0v) is 5.60. The molecule has 0 aliphatic heterocycles. The van der Waals surface area contributed by atoms with Crippen molar-refractivity contribution in [3.8, 4) is 0 Å². The Hall–Kier alpha value is -0.580. The number of aldehydes is 1. The average molecular weight is 168 g/mol. The van der Waals surface area contributed by atoms with E-state index in [0.717, 1.165) is 0 Å². The zero-order chi connectivity index (χ0) is 8.48. The smallest absolute Gasteiger partial charge is 0.303 e. The maximum Gasteiger partial charge on any atom is 0.522 e. The molecule has 11 heavy (non-hydrogen) atoms. The van der Waals surface area contributed by atoms with Crippen molar-refractivity contribution >= 4 is 6.29 Å². The van der Waals surface area contributed by atoms with Crippen molar-refractivity contribution in [3.63, 3.8) is 0 Å². The Morgan fingerprint density at radius 3 is 2.27 bits per heavy atom. The Morgan fingerprint density at radius 2 is 1.91 bits per heavy atom. The molecule has 5 heteroatoms. The zero-order valence-electron chi connectivity index (χ0n) is 5.60. The van der Waals surface area contributed by atoms with E-state index in [9.17, 15) is 18.0 Å². The van der Waals surface area contributed by atoms with Gasteiger partial charge < -0.3 is 4.79 Å². The van der Waals surface area contributed by atoms with E-state index in [-0.39, 0.29) is 18.8 Å². The molecule has 0 amide bonds. The van der Waals surface area contributed by atoms with Crippen molar-refractivity contribution in [1.29, 1.82) is 0 Å². The predicted octanol–water partition coefficient (Wildman–Crippen LogP) is 1.50. The Labute approximate surface area is 61.3 Å². The minimum Gasteiger partial charge on any atom is -0.303 e. The summed E-state index contributed by atoms with van der Waals surface area (Å²) in [5, 5.41) is 0. The van der Waals surface area contributed by atoms with Crippen molar-refractivity contribution in [2.24, 2.45) is 5.92 Å². The molecule has 0 spiro atoms. The highest BCUT2D eigenvalue weighted by molar-refractivity contribution is 5.55. The average Bonchev–Trinajstić information content (AvgIpc) is 1.75. The Bertz CT molecular complexity index is 148. The van der Waals surface area contributed by atoms with Gasteiger partial charge in [0.25, 0.3) is 0 Å². The van der Waals surface area contributed by atoms with Gasteiger partial charge in [-0.2, -0.15) is 0 Å². The van der Waals surface area contributed by atoms with Crippen LogP contribution in [0.4, 0.5) is 13.2 Å². The molecule has 1 aliphatic carbocycles. The summed E-state index contributed by atoms with van der Waals surface area (Å²) in [6.45, 7) is 0. The molecule has 0 unspecified atom stereocenters. The maximum atomic E-state index is 11.4. The van der Waals surface area contributed by atoms with Gasteiger partial charge in [0.2, 0.25) is 0 Å². The molecule has 2 nitrogen and oxygen atoms in total. The lowest BCUT2D eigenvalue weighted by Crippen LogP contribution is -2.36. The van der Waals surface area contributed by atoms with Gasteiger partial charge in [-0.15, -0.1) is 13.2 Å². The second-order valence-electron chi connectivity index (χ2n) is 2.55. The highest BCUT2D eigenvalue weighted by atomic mass is 19.4.